The predicted molar refractivity (Wildman–Crippen MR) is 64.0 cm³/mol. The van der Waals surface area contributed by atoms with Crippen molar-refractivity contribution in [3.8, 4) is 6.07 Å². The van der Waals surface area contributed by atoms with E-state index in [2.05, 4.69) is 16.5 Å². The molecule has 5 heteroatoms. The molecule has 1 unspecified atom stereocenters. The summed E-state index contributed by atoms with van der Waals surface area (Å²) < 4.78 is 1.57. The predicted octanol–water partition coefficient (Wildman–Crippen LogP) is 1.64. The number of hydrogen-bond acceptors (Lipinski definition) is 3. The normalized spacial score (nSPS) is 12.8. The number of amides is 1. The van der Waals surface area contributed by atoms with E-state index >= 15 is 0 Å². The maximum absolute atomic E-state index is 12.0. The van der Waals surface area contributed by atoms with Crippen molar-refractivity contribution in [1.29, 1.82) is 5.26 Å². The van der Waals surface area contributed by atoms with Gasteiger partial charge in [-0.1, -0.05) is 13.8 Å². The number of nitrogens with zero attached hydrogens (tertiary/aromatic N) is 3. The molecule has 0 aliphatic carbocycles. The average molecular weight is 234 g/mol. The minimum absolute atomic E-state index is 0.182. The van der Waals surface area contributed by atoms with Gasteiger partial charge >= 0.3 is 0 Å². The zero-order valence-electron chi connectivity index (χ0n) is 10.5. The summed E-state index contributed by atoms with van der Waals surface area (Å²) in [6.45, 7) is 5.55. The van der Waals surface area contributed by atoms with Gasteiger partial charge in [-0.2, -0.15) is 10.4 Å². The fraction of sp³-hybridized carbons (Fsp3) is 0.583. The van der Waals surface area contributed by atoms with Crippen molar-refractivity contribution in [2.24, 2.45) is 0 Å². The molecule has 0 spiro atoms. The van der Waals surface area contributed by atoms with Crippen LogP contribution < -0.4 is 5.32 Å². The first kappa shape index (κ1) is 13.2. The third-order valence-electron chi connectivity index (χ3n) is 3.08. The van der Waals surface area contributed by atoms with Gasteiger partial charge < -0.3 is 5.32 Å². The highest BCUT2D eigenvalue weighted by molar-refractivity contribution is 5.81. The number of nitrogens with one attached hydrogen (secondary N) is 1. The molecule has 17 heavy (non-hydrogen) atoms. The molecule has 5 nitrogen and oxygen atoms in total. The summed E-state index contributed by atoms with van der Waals surface area (Å²) in [6.07, 6.45) is 4.55. The SMILES string of the molecule is CCC(C#N)(CC)NC(=O)C(C)n1cccn1. The average Bonchev–Trinajstić information content (AvgIpc) is 2.88. The molecule has 1 aromatic heterocycles. The van der Waals surface area contributed by atoms with Gasteiger partial charge in [-0.15, -0.1) is 0 Å². The van der Waals surface area contributed by atoms with Crippen molar-refractivity contribution in [2.45, 2.75) is 45.2 Å². The molecule has 0 radical (unpaired) electrons. The van der Waals surface area contributed by atoms with Gasteiger partial charge in [-0.25, -0.2) is 0 Å². The Kier molecular flexibility index (Phi) is 4.27. The Labute approximate surface area is 101 Å². The second-order valence-corrected chi connectivity index (χ2v) is 4.05. The van der Waals surface area contributed by atoms with E-state index in [1.54, 1.807) is 30.1 Å². The topological polar surface area (TPSA) is 70.7 Å². The first-order valence-corrected chi connectivity index (χ1v) is 5.81. The number of hydrogen-bond donors (Lipinski definition) is 1. The van der Waals surface area contributed by atoms with Crippen LogP contribution in [0.3, 0.4) is 0 Å². The number of nitriles is 1. The molecule has 0 aliphatic heterocycles. The summed E-state index contributed by atoms with van der Waals surface area (Å²) in [5, 5.41) is 16.0. The Bertz CT molecular complexity index is 401. The Morgan fingerprint density at radius 2 is 2.24 bits per heavy atom. The number of carbonyl (C=O) groups is 1. The summed E-state index contributed by atoms with van der Waals surface area (Å²) in [6, 6.07) is 3.54. The number of aromatic nitrogens is 2. The van der Waals surface area contributed by atoms with E-state index in [4.69, 9.17) is 5.26 Å². The maximum atomic E-state index is 12.0. The van der Waals surface area contributed by atoms with Crippen LogP contribution in [0.4, 0.5) is 0 Å². The van der Waals surface area contributed by atoms with Crippen LogP contribution in [-0.4, -0.2) is 21.2 Å². The van der Waals surface area contributed by atoms with E-state index < -0.39 is 11.6 Å². The van der Waals surface area contributed by atoms with Crippen molar-refractivity contribution < 1.29 is 4.79 Å². The summed E-state index contributed by atoms with van der Waals surface area (Å²) in [4.78, 5) is 12.0. The van der Waals surface area contributed by atoms with Crippen molar-refractivity contribution in [1.82, 2.24) is 15.1 Å². The largest absolute Gasteiger partial charge is 0.336 e. The fourth-order valence-electron chi connectivity index (χ4n) is 1.58. The number of carbonyl (C=O) groups excluding carboxylic acids is 1. The first-order valence-electron chi connectivity index (χ1n) is 5.81. The molecule has 0 bridgehead atoms. The second kappa shape index (κ2) is 5.48. The van der Waals surface area contributed by atoms with Gasteiger partial charge in [0.25, 0.3) is 0 Å². The van der Waals surface area contributed by atoms with Gasteiger partial charge in [-0.05, 0) is 25.8 Å². The quantitative estimate of drug-likeness (QED) is 0.842. The van der Waals surface area contributed by atoms with E-state index in [-0.39, 0.29) is 5.91 Å². The van der Waals surface area contributed by atoms with E-state index in [1.165, 1.54) is 0 Å². The summed E-state index contributed by atoms with van der Waals surface area (Å²) >= 11 is 0. The Balaban J connectivity index is 2.75. The van der Waals surface area contributed by atoms with Gasteiger partial charge in [0.05, 0.1) is 6.07 Å². The lowest BCUT2D eigenvalue weighted by molar-refractivity contribution is -0.125. The molecule has 0 saturated heterocycles. The van der Waals surface area contributed by atoms with Crippen LogP contribution in [0.5, 0.6) is 0 Å². The molecular weight excluding hydrogens is 216 g/mol. The lowest BCUT2D eigenvalue weighted by Crippen LogP contribution is -2.48. The van der Waals surface area contributed by atoms with E-state index in [1.807, 2.05) is 13.8 Å². The van der Waals surface area contributed by atoms with E-state index in [9.17, 15) is 4.79 Å². The Hall–Kier alpha value is -1.83. The molecule has 1 rings (SSSR count). The standard InChI is InChI=1S/C12H18N4O/c1-4-12(5-2,9-13)15-11(17)10(3)16-8-6-7-14-16/h6-8,10H,4-5H2,1-3H3,(H,15,17). The molecular formula is C12H18N4O. The van der Waals surface area contributed by atoms with Gasteiger partial charge in [-0.3, -0.25) is 9.48 Å². The molecule has 92 valence electrons. The van der Waals surface area contributed by atoms with Crippen LogP contribution in [-0.2, 0) is 4.79 Å². The zero-order valence-corrected chi connectivity index (χ0v) is 10.5. The molecule has 0 aromatic carbocycles. The van der Waals surface area contributed by atoms with Crippen LogP contribution >= 0.6 is 0 Å². The molecule has 0 fully saturated rings. The van der Waals surface area contributed by atoms with Crippen LogP contribution in [0.1, 0.15) is 39.7 Å². The third kappa shape index (κ3) is 2.84. The maximum Gasteiger partial charge on any atom is 0.245 e. The third-order valence-corrected chi connectivity index (χ3v) is 3.08. The molecule has 1 amide bonds. The number of rotatable bonds is 5. The Morgan fingerprint density at radius 3 is 2.65 bits per heavy atom. The molecule has 1 heterocycles. The zero-order chi connectivity index (χ0) is 12.9. The monoisotopic (exact) mass is 234 g/mol. The highest BCUT2D eigenvalue weighted by atomic mass is 16.2. The van der Waals surface area contributed by atoms with Crippen LogP contribution in [0, 0.1) is 11.3 Å². The minimum Gasteiger partial charge on any atom is -0.336 e. The second-order valence-electron chi connectivity index (χ2n) is 4.05. The van der Waals surface area contributed by atoms with Gasteiger partial charge in [0.15, 0.2) is 0 Å². The summed E-state index contributed by atoms with van der Waals surface area (Å²) in [5.74, 6) is -0.182. The van der Waals surface area contributed by atoms with Gasteiger partial charge in [0.1, 0.15) is 11.6 Å². The van der Waals surface area contributed by atoms with Crippen molar-refractivity contribution in [2.75, 3.05) is 0 Å². The molecule has 0 saturated carbocycles. The lowest BCUT2D eigenvalue weighted by Gasteiger charge is -2.26. The first-order chi connectivity index (χ1) is 8.08. The van der Waals surface area contributed by atoms with E-state index in [0.29, 0.717) is 12.8 Å². The molecule has 0 aliphatic rings. The van der Waals surface area contributed by atoms with Crippen molar-refractivity contribution >= 4 is 5.91 Å². The molecule has 1 atom stereocenters. The molecule has 1 N–H and O–H groups in total. The molecule has 1 aromatic rings. The van der Waals surface area contributed by atoms with Gasteiger partial charge in [0, 0.05) is 12.4 Å². The lowest BCUT2D eigenvalue weighted by atomic mass is 9.94. The highest BCUT2D eigenvalue weighted by Gasteiger charge is 2.30. The van der Waals surface area contributed by atoms with Crippen molar-refractivity contribution in [3.63, 3.8) is 0 Å². The van der Waals surface area contributed by atoms with Crippen LogP contribution in [0.2, 0.25) is 0 Å². The minimum atomic E-state index is -0.765. The van der Waals surface area contributed by atoms with Crippen molar-refractivity contribution in [3.05, 3.63) is 18.5 Å². The van der Waals surface area contributed by atoms with E-state index in [0.717, 1.165) is 0 Å². The van der Waals surface area contributed by atoms with Crippen LogP contribution in [0.15, 0.2) is 18.5 Å². The Morgan fingerprint density at radius 1 is 1.59 bits per heavy atom. The van der Waals surface area contributed by atoms with Gasteiger partial charge in [0.2, 0.25) is 5.91 Å². The summed E-state index contributed by atoms with van der Waals surface area (Å²) in [5.41, 5.74) is -0.765. The summed E-state index contributed by atoms with van der Waals surface area (Å²) in [7, 11) is 0. The van der Waals surface area contributed by atoms with Crippen LogP contribution in [0.25, 0.3) is 0 Å². The smallest absolute Gasteiger partial charge is 0.245 e. The highest BCUT2D eigenvalue weighted by Crippen LogP contribution is 2.15. The fourth-order valence-corrected chi connectivity index (χ4v) is 1.58.